The highest BCUT2D eigenvalue weighted by molar-refractivity contribution is 5.15. The second kappa shape index (κ2) is 8.57. The number of hydrogen-bond acceptors (Lipinski definition) is 2. The molecular weight excluding hydrogens is 272 g/mol. The molecule has 1 N–H and O–H groups in total. The molecule has 1 atom stereocenters. The molecular formula is C19H26N2O. The standard InChI is InChI=1S/C19H26N2O/c1-3-4-12-19(22)16-21(14-17-9-6-5-7-10-17)15-18-11-8-13-20(18)2/h3,5-11,13,19,22H,1,4,12,14-16H2,2H3. The molecule has 0 aliphatic heterocycles. The average Bonchev–Trinajstić information content (AvgIpc) is 2.91. The number of aromatic nitrogens is 1. The van der Waals surface area contributed by atoms with E-state index in [1.54, 1.807) is 0 Å². The fraction of sp³-hybridized carbons (Fsp3) is 0.368. The van der Waals surface area contributed by atoms with Crippen molar-refractivity contribution in [3.05, 3.63) is 72.6 Å². The lowest BCUT2D eigenvalue weighted by Gasteiger charge is -2.25. The molecule has 1 aromatic carbocycles. The Hall–Kier alpha value is -1.84. The first-order chi connectivity index (χ1) is 10.7. The smallest absolute Gasteiger partial charge is 0.0670 e. The molecule has 1 heterocycles. The van der Waals surface area contributed by atoms with Crippen molar-refractivity contribution in [2.24, 2.45) is 7.05 Å². The molecule has 1 unspecified atom stereocenters. The molecule has 1 aromatic heterocycles. The van der Waals surface area contributed by atoms with Crippen molar-refractivity contribution in [3.8, 4) is 0 Å². The topological polar surface area (TPSA) is 28.4 Å². The molecule has 3 nitrogen and oxygen atoms in total. The van der Waals surface area contributed by atoms with Gasteiger partial charge in [0, 0.05) is 38.6 Å². The molecule has 0 amide bonds. The van der Waals surface area contributed by atoms with Gasteiger partial charge in [0.1, 0.15) is 0 Å². The minimum Gasteiger partial charge on any atom is -0.392 e. The summed E-state index contributed by atoms with van der Waals surface area (Å²) in [6, 6.07) is 14.6. The zero-order chi connectivity index (χ0) is 15.8. The molecule has 0 saturated carbocycles. The van der Waals surface area contributed by atoms with E-state index in [9.17, 15) is 5.11 Å². The number of rotatable bonds is 9. The third kappa shape index (κ3) is 5.17. The van der Waals surface area contributed by atoms with Crippen molar-refractivity contribution in [2.75, 3.05) is 6.54 Å². The molecule has 0 saturated heterocycles. The van der Waals surface area contributed by atoms with Gasteiger partial charge in [0.05, 0.1) is 6.10 Å². The molecule has 0 bridgehead atoms. The molecule has 0 aliphatic carbocycles. The van der Waals surface area contributed by atoms with Crippen LogP contribution in [0.15, 0.2) is 61.3 Å². The monoisotopic (exact) mass is 298 g/mol. The highest BCUT2D eigenvalue weighted by Crippen LogP contribution is 2.12. The molecule has 0 spiro atoms. The van der Waals surface area contributed by atoms with Crippen LogP contribution < -0.4 is 0 Å². The summed E-state index contributed by atoms with van der Waals surface area (Å²) in [7, 11) is 2.06. The van der Waals surface area contributed by atoms with Gasteiger partial charge in [-0.05, 0) is 30.5 Å². The third-order valence-electron chi connectivity index (χ3n) is 3.86. The molecule has 3 heteroatoms. The minimum absolute atomic E-state index is 0.318. The highest BCUT2D eigenvalue weighted by Gasteiger charge is 2.13. The summed E-state index contributed by atoms with van der Waals surface area (Å²) in [4.78, 5) is 2.30. The zero-order valence-corrected chi connectivity index (χ0v) is 13.4. The fourth-order valence-electron chi connectivity index (χ4n) is 2.62. The highest BCUT2D eigenvalue weighted by atomic mass is 16.3. The van der Waals surface area contributed by atoms with Crippen LogP contribution in [-0.4, -0.2) is 27.2 Å². The SMILES string of the molecule is C=CCCC(O)CN(Cc1ccccc1)Cc1cccn1C. The Morgan fingerprint density at radius 3 is 2.59 bits per heavy atom. The fourth-order valence-corrected chi connectivity index (χ4v) is 2.62. The van der Waals surface area contributed by atoms with Crippen LogP contribution in [-0.2, 0) is 20.1 Å². The maximum absolute atomic E-state index is 10.2. The molecule has 0 fully saturated rings. The lowest BCUT2D eigenvalue weighted by atomic mass is 10.1. The molecule has 2 aromatic rings. The van der Waals surface area contributed by atoms with Crippen LogP contribution in [0.5, 0.6) is 0 Å². The van der Waals surface area contributed by atoms with Crippen molar-refractivity contribution in [2.45, 2.75) is 32.0 Å². The number of allylic oxidation sites excluding steroid dienone is 1. The van der Waals surface area contributed by atoms with Crippen molar-refractivity contribution < 1.29 is 5.11 Å². The van der Waals surface area contributed by atoms with Crippen LogP contribution in [0.4, 0.5) is 0 Å². The number of nitrogens with zero attached hydrogens (tertiary/aromatic N) is 2. The molecule has 0 aliphatic rings. The van der Waals surface area contributed by atoms with E-state index in [0.717, 1.165) is 25.9 Å². The van der Waals surface area contributed by atoms with Crippen LogP contribution in [0.3, 0.4) is 0 Å². The van der Waals surface area contributed by atoms with Crippen LogP contribution in [0.2, 0.25) is 0 Å². The molecule has 2 rings (SSSR count). The molecule has 118 valence electrons. The Balaban J connectivity index is 2.02. The quantitative estimate of drug-likeness (QED) is 0.719. The maximum atomic E-state index is 10.2. The van der Waals surface area contributed by atoms with E-state index in [4.69, 9.17) is 0 Å². The van der Waals surface area contributed by atoms with Gasteiger partial charge >= 0.3 is 0 Å². The summed E-state index contributed by atoms with van der Waals surface area (Å²) < 4.78 is 2.13. The maximum Gasteiger partial charge on any atom is 0.0670 e. The Morgan fingerprint density at radius 2 is 1.95 bits per heavy atom. The lowest BCUT2D eigenvalue weighted by molar-refractivity contribution is 0.0972. The van der Waals surface area contributed by atoms with Crippen LogP contribution in [0.1, 0.15) is 24.1 Å². The Labute approximate surface area is 133 Å². The van der Waals surface area contributed by atoms with E-state index in [-0.39, 0.29) is 6.10 Å². The normalized spacial score (nSPS) is 12.5. The number of aliphatic hydroxyl groups excluding tert-OH is 1. The van der Waals surface area contributed by atoms with E-state index in [1.807, 2.05) is 12.1 Å². The van der Waals surface area contributed by atoms with E-state index in [0.29, 0.717) is 6.54 Å². The summed E-state index contributed by atoms with van der Waals surface area (Å²) in [6.07, 6.45) is 5.22. The van der Waals surface area contributed by atoms with Gasteiger partial charge < -0.3 is 9.67 Å². The van der Waals surface area contributed by atoms with Crippen LogP contribution in [0.25, 0.3) is 0 Å². The number of benzene rings is 1. The first-order valence-corrected chi connectivity index (χ1v) is 7.84. The van der Waals surface area contributed by atoms with E-state index < -0.39 is 0 Å². The van der Waals surface area contributed by atoms with Crippen molar-refractivity contribution >= 4 is 0 Å². The van der Waals surface area contributed by atoms with E-state index in [2.05, 4.69) is 65.7 Å². The van der Waals surface area contributed by atoms with Gasteiger partial charge in [0.25, 0.3) is 0 Å². The van der Waals surface area contributed by atoms with Gasteiger partial charge in [0.15, 0.2) is 0 Å². The van der Waals surface area contributed by atoms with E-state index in [1.165, 1.54) is 11.3 Å². The molecule has 0 radical (unpaired) electrons. The summed E-state index contributed by atoms with van der Waals surface area (Å²) in [5.41, 5.74) is 2.53. The first-order valence-electron chi connectivity index (χ1n) is 7.84. The second-order valence-electron chi connectivity index (χ2n) is 5.79. The van der Waals surface area contributed by atoms with Gasteiger partial charge in [-0.3, -0.25) is 4.90 Å². The Morgan fingerprint density at radius 1 is 1.18 bits per heavy atom. The minimum atomic E-state index is -0.318. The number of hydrogen-bond donors (Lipinski definition) is 1. The third-order valence-corrected chi connectivity index (χ3v) is 3.86. The second-order valence-corrected chi connectivity index (χ2v) is 5.79. The Bertz CT molecular complexity index is 562. The first kappa shape index (κ1) is 16.5. The van der Waals surface area contributed by atoms with Crippen molar-refractivity contribution in [1.82, 2.24) is 9.47 Å². The van der Waals surface area contributed by atoms with Gasteiger partial charge in [-0.1, -0.05) is 36.4 Å². The van der Waals surface area contributed by atoms with Gasteiger partial charge in [-0.25, -0.2) is 0 Å². The zero-order valence-electron chi connectivity index (χ0n) is 13.4. The molecule has 22 heavy (non-hydrogen) atoms. The van der Waals surface area contributed by atoms with Crippen molar-refractivity contribution in [1.29, 1.82) is 0 Å². The van der Waals surface area contributed by atoms with Crippen molar-refractivity contribution in [3.63, 3.8) is 0 Å². The van der Waals surface area contributed by atoms with E-state index >= 15 is 0 Å². The summed E-state index contributed by atoms with van der Waals surface area (Å²) in [6.45, 7) is 6.08. The predicted octanol–water partition coefficient (Wildman–Crippen LogP) is 3.35. The Kier molecular flexibility index (Phi) is 6.44. The summed E-state index contributed by atoms with van der Waals surface area (Å²) in [5.74, 6) is 0. The number of aliphatic hydroxyl groups is 1. The average molecular weight is 298 g/mol. The summed E-state index contributed by atoms with van der Waals surface area (Å²) in [5, 5.41) is 10.2. The van der Waals surface area contributed by atoms with Gasteiger partial charge in [0.2, 0.25) is 0 Å². The number of aryl methyl sites for hydroxylation is 1. The van der Waals surface area contributed by atoms with Crippen LogP contribution in [0, 0.1) is 0 Å². The van der Waals surface area contributed by atoms with Gasteiger partial charge in [-0.2, -0.15) is 0 Å². The predicted molar refractivity (Wildman–Crippen MR) is 91.4 cm³/mol. The van der Waals surface area contributed by atoms with Crippen LogP contribution >= 0.6 is 0 Å². The lowest BCUT2D eigenvalue weighted by Crippen LogP contribution is -2.32. The van der Waals surface area contributed by atoms with Gasteiger partial charge in [-0.15, -0.1) is 6.58 Å². The largest absolute Gasteiger partial charge is 0.392 e. The summed E-state index contributed by atoms with van der Waals surface area (Å²) >= 11 is 0.